The molecule has 1 N–H and O–H groups in total. The van der Waals surface area contributed by atoms with Gasteiger partial charge in [0.25, 0.3) is 0 Å². The number of amides is 1. The van der Waals surface area contributed by atoms with Gasteiger partial charge < -0.3 is 9.84 Å². The number of carbonyl (C=O) groups excluding carboxylic acids is 1. The maximum atomic E-state index is 11.9. The molecular weight excluding hydrogens is 352 g/mol. The smallest absolute Gasteiger partial charge is 0.234 e. The lowest BCUT2D eigenvalue weighted by atomic mass is 10.2. The SMILES string of the molecule is Cc1ccc(NC(=O)CSCc2c(C)noc2C)cc1Br. The summed E-state index contributed by atoms with van der Waals surface area (Å²) >= 11 is 5.01. The van der Waals surface area contributed by atoms with Gasteiger partial charge in [0.2, 0.25) is 5.91 Å². The van der Waals surface area contributed by atoms with Gasteiger partial charge in [-0.3, -0.25) is 4.79 Å². The van der Waals surface area contributed by atoms with Gasteiger partial charge in [-0.15, -0.1) is 11.8 Å². The second-order valence-electron chi connectivity index (χ2n) is 4.81. The van der Waals surface area contributed by atoms with Crippen LogP contribution in [0.3, 0.4) is 0 Å². The fourth-order valence-corrected chi connectivity index (χ4v) is 3.18. The molecule has 1 aromatic carbocycles. The number of hydrogen-bond acceptors (Lipinski definition) is 4. The van der Waals surface area contributed by atoms with Gasteiger partial charge in [0, 0.05) is 21.5 Å². The van der Waals surface area contributed by atoms with E-state index in [0.717, 1.165) is 38.5 Å². The Morgan fingerprint density at radius 3 is 2.76 bits per heavy atom. The minimum absolute atomic E-state index is 0.0116. The van der Waals surface area contributed by atoms with Gasteiger partial charge in [-0.05, 0) is 38.5 Å². The molecule has 0 spiro atoms. The summed E-state index contributed by atoms with van der Waals surface area (Å²) in [4.78, 5) is 11.9. The molecule has 112 valence electrons. The second kappa shape index (κ2) is 7.13. The molecule has 0 unspecified atom stereocenters. The fourth-order valence-electron chi connectivity index (χ4n) is 1.82. The number of anilines is 1. The number of rotatable bonds is 5. The number of halogens is 1. The maximum Gasteiger partial charge on any atom is 0.234 e. The predicted octanol–water partition coefficient (Wildman–Crippen LogP) is 4.23. The van der Waals surface area contributed by atoms with Crippen LogP contribution in [0.25, 0.3) is 0 Å². The van der Waals surface area contributed by atoms with E-state index in [2.05, 4.69) is 26.4 Å². The molecule has 0 aliphatic heterocycles. The third-order valence-corrected chi connectivity index (χ3v) is 4.93. The van der Waals surface area contributed by atoms with E-state index in [-0.39, 0.29) is 5.91 Å². The monoisotopic (exact) mass is 368 g/mol. The molecular formula is C15H17BrN2O2S. The minimum atomic E-state index is -0.0116. The first kappa shape index (κ1) is 16.1. The van der Waals surface area contributed by atoms with Gasteiger partial charge in [0.1, 0.15) is 5.76 Å². The van der Waals surface area contributed by atoms with Crippen LogP contribution >= 0.6 is 27.7 Å². The average Bonchev–Trinajstić information content (AvgIpc) is 2.74. The normalized spacial score (nSPS) is 10.7. The zero-order valence-corrected chi connectivity index (χ0v) is 14.6. The first-order chi connectivity index (χ1) is 9.97. The third-order valence-electron chi connectivity index (χ3n) is 3.12. The van der Waals surface area contributed by atoms with Crippen molar-refractivity contribution >= 4 is 39.3 Å². The number of benzene rings is 1. The highest BCUT2D eigenvalue weighted by Crippen LogP contribution is 2.22. The van der Waals surface area contributed by atoms with Crippen LogP contribution < -0.4 is 5.32 Å². The molecule has 0 saturated heterocycles. The molecule has 0 fully saturated rings. The van der Waals surface area contributed by atoms with Crippen molar-refractivity contribution in [2.45, 2.75) is 26.5 Å². The quantitative estimate of drug-likeness (QED) is 0.857. The molecule has 0 bridgehead atoms. The standard InChI is InChI=1S/C15H17BrN2O2S/c1-9-4-5-12(6-14(9)16)17-15(19)8-21-7-13-10(2)18-20-11(13)3/h4-6H,7-8H2,1-3H3,(H,17,19). The summed E-state index contributed by atoms with van der Waals surface area (Å²) in [6.07, 6.45) is 0. The molecule has 1 heterocycles. The minimum Gasteiger partial charge on any atom is -0.361 e. The molecule has 6 heteroatoms. The molecule has 2 aromatic rings. The van der Waals surface area contributed by atoms with Crippen LogP contribution in [0.15, 0.2) is 27.2 Å². The Morgan fingerprint density at radius 1 is 1.38 bits per heavy atom. The topological polar surface area (TPSA) is 55.1 Å². The molecule has 0 atom stereocenters. The van der Waals surface area contributed by atoms with Crippen molar-refractivity contribution in [1.29, 1.82) is 0 Å². The third kappa shape index (κ3) is 4.35. The van der Waals surface area contributed by atoms with Crippen LogP contribution in [-0.4, -0.2) is 16.8 Å². The van der Waals surface area contributed by atoms with Crippen molar-refractivity contribution in [2.24, 2.45) is 0 Å². The molecule has 2 rings (SSSR count). The van der Waals surface area contributed by atoms with E-state index in [4.69, 9.17) is 4.52 Å². The Hall–Kier alpha value is -1.27. The maximum absolute atomic E-state index is 11.9. The molecule has 0 aliphatic rings. The van der Waals surface area contributed by atoms with E-state index in [0.29, 0.717) is 5.75 Å². The molecule has 0 radical (unpaired) electrons. The lowest BCUT2D eigenvalue weighted by Gasteiger charge is -2.07. The average molecular weight is 369 g/mol. The molecule has 0 saturated carbocycles. The zero-order chi connectivity index (χ0) is 15.4. The summed E-state index contributed by atoms with van der Waals surface area (Å²) in [7, 11) is 0. The summed E-state index contributed by atoms with van der Waals surface area (Å²) < 4.78 is 6.09. The van der Waals surface area contributed by atoms with E-state index in [1.54, 1.807) is 11.8 Å². The van der Waals surface area contributed by atoms with Crippen LogP contribution in [0.2, 0.25) is 0 Å². The highest BCUT2D eigenvalue weighted by Gasteiger charge is 2.10. The zero-order valence-electron chi connectivity index (χ0n) is 12.2. The number of hydrogen-bond donors (Lipinski definition) is 1. The van der Waals surface area contributed by atoms with Crippen LogP contribution in [0, 0.1) is 20.8 Å². The van der Waals surface area contributed by atoms with Crippen LogP contribution in [0.4, 0.5) is 5.69 Å². The number of thioether (sulfide) groups is 1. The molecule has 1 amide bonds. The Balaban J connectivity index is 1.84. The second-order valence-corrected chi connectivity index (χ2v) is 6.65. The van der Waals surface area contributed by atoms with Gasteiger partial charge in [-0.25, -0.2) is 0 Å². The van der Waals surface area contributed by atoms with Crippen LogP contribution in [0.1, 0.15) is 22.6 Å². The van der Waals surface area contributed by atoms with Crippen molar-refractivity contribution in [3.63, 3.8) is 0 Å². The highest BCUT2D eigenvalue weighted by molar-refractivity contribution is 9.10. The lowest BCUT2D eigenvalue weighted by Crippen LogP contribution is -2.14. The van der Waals surface area contributed by atoms with Crippen molar-refractivity contribution in [1.82, 2.24) is 5.16 Å². The van der Waals surface area contributed by atoms with Gasteiger partial charge in [0.05, 0.1) is 11.4 Å². The molecule has 4 nitrogen and oxygen atoms in total. The van der Waals surface area contributed by atoms with Crippen molar-refractivity contribution < 1.29 is 9.32 Å². The largest absolute Gasteiger partial charge is 0.361 e. The number of nitrogens with one attached hydrogen (secondary N) is 1. The van der Waals surface area contributed by atoms with E-state index in [9.17, 15) is 4.79 Å². The van der Waals surface area contributed by atoms with E-state index in [1.807, 2.05) is 39.0 Å². The summed E-state index contributed by atoms with van der Waals surface area (Å²) in [6, 6.07) is 5.78. The summed E-state index contributed by atoms with van der Waals surface area (Å²) in [5, 5.41) is 6.80. The number of aryl methyl sites for hydroxylation is 3. The first-order valence-electron chi connectivity index (χ1n) is 6.53. The van der Waals surface area contributed by atoms with Crippen molar-refractivity contribution in [3.8, 4) is 0 Å². The number of nitrogens with zero attached hydrogens (tertiary/aromatic N) is 1. The van der Waals surface area contributed by atoms with E-state index >= 15 is 0 Å². The van der Waals surface area contributed by atoms with Gasteiger partial charge in [0.15, 0.2) is 0 Å². The Morgan fingerprint density at radius 2 is 2.14 bits per heavy atom. The number of carbonyl (C=O) groups is 1. The molecule has 1 aromatic heterocycles. The Bertz CT molecular complexity index is 636. The van der Waals surface area contributed by atoms with Gasteiger partial charge in [-0.1, -0.05) is 27.2 Å². The lowest BCUT2D eigenvalue weighted by molar-refractivity contribution is -0.113. The van der Waals surface area contributed by atoms with E-state index in [1.165, 1.54) is 0 Å². The fraction of sp³-hybridized carbons (Fsp3) is 0.333. The summed E-state index contributed by atoms with van der Waals surface area (Å²) in [6.45, 7) is 5.81. The van der Waals surface area contributed by atoms with Crippen LogP contribution in [0.5, 0.6) is 0 Å². The van der Waals surface area contributed by atoms with Crippen molar-refractivity contribution in [3.05, 3.63) is 45.3 Å². The Kier molecular flexibility index (Phi) is 5.47. The van der Waals surface area contributed by atoms with Crippen LogP contribution in [-0.2, 0) is 10.5 Å². The van der Waals surface area contributed by atoms with Gasteiger partial charge >= 0.3 is 0 Å². The first-order valence-corrected chi connectivity index (χ1v) is 8.47. The summed E-state index contributed by atoms with van der Waals surface area (Å²) in [5.41, 5.74) is 3.91. The predicted molar refractivity (Wildman–Crippen MR) is 89.6 cm³/mol. The van der Waals surface area contributed by atoms with Crippen molar-refractivity contribution in [2.75, 3.05) is 11.1 Å². The number of aromatic nitrogens is 1. The highest BCUT2D eigenvalue weighted by atomic mass is 79.9. The molecule has 0 aliphatic carbocycles. The van der Waals surface area contributed by atoms with Gasteiger partial charge in [-0.2, -0.15) is 0 Å². The Labute approximate surface area is 136 Å². The van der Waals surface area contributed by atoms with E-state index < -0.39 is 0 Å². The summed E-state index contributed by atoms with van der Waals surface area (Å²) in [5.74, 6) is 1.94. The molecule has 21 heavy (non-hydrogen) atoms.